The molecule has 1 amide bonds. The van der Waals surface area contributed by atoms with Gasteiger partial charge in [0.25, 0.3) is 0 Å². The van der Waals surface area contributed by atoms with Crippen LogP contribution in [0.3, 0.4) is 0 Å². The van der Waals surface area contributed by atoms with Gasteiger partial charge in [-0.3, -0.25) is 4.79 Å². The van der Waals surface area contributed by atoms with Gasteiger partial charge in [-0.25, -0.2) is 4.98 Å². The van der Waals surface area contributed by atoms with Crippen LogP contribution >= 0.6 is 11.6 Å². The fraction of sp³-hybridized carbons (Fsp3) is 0.300. The summed E-state index contributed by atoms with van der Waals surface area (Å²) in [6, 6.07) is 3.19. The number of hydrogen-bond donors (Lipinski definition) is 1. The molecule has 0 aliphatic heterocycles. The number of Topliss-reactive ketones (excluding diaryl/α,β-unsaturated/α-hetero) is 1. The lowest BCUT2D eigenvalue weighted by Gasteiger charge is -2.03. The molecule has 1 heterocycles. The van der Waals surface area contributed by atoms with Crippen LogP contribution in [0, 0.1) is 0 Å². The molecular weight excluding hydrogens is 216 g/mol. The van der Waals surface area contributed by atoms with E-state index >= 15 is 0 Å². The van der Waals surface area contributed by atoms with Gasteiger partial charge in [-0.05, 0) is 19.1 Å². The lowest BCUT2D eigenvalue weighted by atomic mass is 10.2. The maximum absolute atomic E-state index is 11.3. The van der Waals surface area contributed by atoms with E-state index in [1.165, 1.54) is 13.1 Å². The number of carbonyl (C=O) groups excluding carboxylic acids is 2. The SMILES string of the molecule is CC(=O)CCC(=O)Nc1ccnc(Cl)c1. The number of nitrogens with zero attached hydrogens (tertiary/aromatic N) is 1. The molecule has 1 aromatic heterocycles. The molecule has 0 aliphatic carbocycles. The van der Waals surface area contributed by atoms with Crippen molar-refractivity contribution in [2.45, 2.75) is 19.8 Å². The largest absolute Gasteiger partial charge is 0.326 e. The fourth-order valence-corrected chi connectivity index (χ4v) is 1.17. The van der Waals surface area contributed by atoms with Gasteiger partial charge in [-0.1, -0.05) is 11.6 Å². The number of rotatable bonds is 4. The van der Waals surface area contributed by atoms with Crippen molar-refractivity contribution in [3.63, 3.8) is 0 Å². The van der Waals surface area contributed by atoms with Crippen LogP contribution in [-0.2, 0) is 9.59 Å². The second-order valence-corrected chi connectivity index (χ2v) is 3.50. The Hall–Kier alpha value is -1.42. The van der Waals surface area contributed by atoms with Crippen LogP contribution in [-0.4, -0.2) is 16.7 Å². The van der Waals surface area contributed by atoms with Crippen LogP contribution in [0.2, 0.25) is 5.15 Å². The third-order valence-electron chi connectivity index (χ3n) is 1.71. The van der Waals surface area contributed by atoms with Gasteiger partial charge in [0.15, 0.2) is 0 Å². The summed E-state index contributed by atoms with van der Waals surface area (Å²) in [6.07, 6.45) is 1.95. The first-order valence-corrected chi connectivity index (χ1v) is 4.86. The van der Waals surface area contributed by atoms with Crippen molar-refractivity contribution in [1.82, 2.24) is 4.98 Å². The molecule has 1 N–H and O–H groups in total. The van der Waals surface area contributed by atoms with Crippen molar-refractivity contribution < 1.29 is 9.59 Å². The van der Waals surface area contributed by atoms with E-state index in [-0.39, 0.29) is 24.5 Å². The average Bonchev–Trinajstić information content (AvgIpc) is 2.15. The highest BCUT2D eigenvalue weighted by Crippen LogP contribution is 2.12. The van der Waals surface area contributed by atoms with Crippen molar-refractivity contribution in [2.24, 2.45) is 0 Å². The third-order valence-corrected chi connectivity index (χ3v) is 1.92. The lowest BCUT2D eigenvalue weighted by molar-refractivity contribution is -0.121. The van der Waals surface area contributed by atoms with E-state index in [9.17, 15) is 9.59 Å². The number of ketones is 1. The molecule has 0 spiro atoms. The van der Waals surface area contributed by atoms with Crippen molar-refractivity contribution in [3.8, 4) is 0 Å². The molecule has 5 heteroatoms. The third kappa shape index (κ3) is 4.56. The zero-order valence-electron chi connectivity index (χ0n) is 8.29. The van der Waals surface area contributed by atoms with E-state index in [2.05, 4.69) is 10.3 Å². The molecule has 0 fully saturated rings. The lowest BCUT2D eigenvalue weighted by Crippen LogP contribution is -2.12. The van der Waals surface area contributed by atoms with Gasteiger partial charge in [0.05, 0.1) is 0 Å². The molecule has 4 nitrogen and oxygen atoms in total. The highest BCUT2D eigenvalue weighted by molar-refractivity contribution is 6.29. The summed E-state index contributed by atoms with van der Waals surface area (Å²) in [5, 5.41) is 2.94. The zero-order chi connectivity index (χ0) is 11.3. The van der Waals surface area contributed by atoms with E-state index in [1.54, 1.807) is 12.1 Å². The molecule has 0 saturated heterocycles. The Bertz CT molecular complexity index is 379. The summed E-state index contributed by atoms with van der Waals surface area (Å²) in [7, 11) is 0. The minimum absolute atomic E-state index is 0.00193. The van der Waals surface area contributed by atoms with Crippen LogP contribution in [0.15, 0.2) is 18.3 Å². The summed E-state index contributed by atoms with van der Waals surface area (Å²) in [6.45, 7) is 1.45. The smallest absolute Gasteiger partial charge is 0.224 e. The van der Waals surface area contributed by atoms with E-state index in [4.69, 9.17) is 11.6 Å². The van der Waals surface area contributed by atoms with Gasteiger partial charge in [-0.2, -0.15) is 0 Å². The van der Waals surface area contributed by atoms with E-state index < -0.39 is 0 Å². The van der Waals surface area contributed by atoms with Crippen LogP contribution in [0.5, 0.6) is 0 Å². The Morgan fingerprint density at radius 2 is 2.20 bits per heavy atom. The Morgan fingerprint density at radius 3 is 2.80 bits per heavy atom. The van der Waals surface area contributed by atoms with Gasteiger partial charge in [-0.15, -0.1) is 0 Å². The molecule has 0 unspecified atom stereocenters. The predicted molar refractivity (Wildman–Crippen MR) is 57.8 cm³/mol. The standard InChI is InChI=1S/C10H11ClN2O2/c1-7(14)2-3-10(15)13-8-4-5-12-9(11)6-8/h4-6H,2-3H2,1H3,(H,12,13,15). The minimum Gasteiger partial charge on any atom is -0.326 e. The van der Waals surface area contributed by atoms with Gasteiger partial charge in [0, 0.05) is 24.7 Å². The molecule has 0 aliphatic rings. The zero-order valence-corrected chi connectivity index (χ0v) is 9.04. The molecule has 1 aromatic rings. The van der Waals surface area contributed by atoms with Crippen molar-refractivity contribution in [3.05, 3.63) is 23.5 Å². The Labute approximate surface area is 92.7 Å². The van der Waals surface area contributed by atoms with Gasteiger partial charge in [0.2, 0.25) is 5.91 Å². The van der Waals surface area contributed by atoms with E-state index in [0.29, 0.717) is 10.8 Å². The van der Waals surface area contributed by atoms with Crippen LogP contribution < -0.4 is 5.32 Å². The van der Waals surface area contributed by atoms with Crippen LogP contribution in [0.25, 0.3) is 0 Å². The minimum atomic E-state index is -0.201. The first-order valence-electron chi connectivity index (χ1n) is 4.49. The van der Waals surface area contributed by atoms with Crippen LogP contribution in [0.1, 0.15) is 19.8 Å². The number of nitrogens with one attached hydrogen (secondary N) is 1. The first kappa shape index (κ1) is 11.7. The number of carbonyl (C=O) groups is 2. The second-order valence-electron chi connectivity index (χ2n) is 3.12. The highest BCUT2D eigenvalue weighted by atomic mass is 35.5. The first-order chi connectivity index (χ1) is 7.08. The van der Waals surface area contributed by atoms with Gasteiger partial charge < -0.3 is 10.1 Å². The Morgan fingerprint density at radius 1 is 1.47 bits per heavy atom. The number of anilines is 1. The molecule has 0 radical (unpaired) electrons. The normalized spacial score (nSPS) is 9.73. The monoisotopic (exact) mass is 226 g/mol. The Balaban J connectivity index is 2.48. The summed E-state index contributed by atoms with van der Waals surface area (Å²) in [4.78, 5) is 25.7. The average molecular weight is 227 g/mol. The number of aromatic nitrogens is 1. The van der Waals surface area contributed by atoms with Crippen molar-refractivity contribution in [2.75, 3.05) is 5.32 Å². The van der Waals surface area contributed by atoms with Gasteiger partial charge >= 0.3 is 0 Å². The molecule has 80 valence electrons. The summed E-state index contributed by atoms with van der Waals surface area (Å²) < 4.78 is 0. The van der Waals surface area contributed by atoms with Crippen LogP contribution in [0.4, 0.5) is 5.69 Å². The Kier molecular flexibility index (Phi) is 4.24. The fourth-order valence-electron chi connectivity index (χ4n) is 0.993. The quantitative estimate of drug-likeness (QED) is 0.800. The molecule has 15 heavy (non-hydrogen) atoms. The number of amides is 1. The number of pyridine rings is 1. The maximum Gasteiger partial charge on any atom is 0.224 e. The van der Waals surface area contributed by atoms with E-state index in [1.807, 2.05) is 0 Å². The molecule has 0 atom stereocenters. The number of hydrogen-bond acceptors (Lipinski definition) is 3. The second kappa shape index (κ2) is 5.46. The molecule has 0 saturated carbocycles. The molecular formula is C10H11ClN2O2. The topological polar surface area (TPSA) is 59.1 Å². The maximum atomic E-state index is 11.3. The molecule has 0 aromatic carbocycles. The summed E-state index contributed by atoms with van der Waals surface area (Å²) >= 11 is 5.64. The van der Waals surface area contributed by atoms with Crippen molar-refractivity contribution in [1.29, 1.82) is 0 Å². The summed E-state index contributed by atoms with van der Waals surface area (Å²) in [5.74, 6) is -0.203. The van der Waals surface area contributed by atoms with Crippen molar-refractivity contribution >= 4 is 29.0 Å². The highest BCUT2D eigenvalue weighted by Gasteiger charge is 2.04. The molecule has 1 rings (SSSR count). The molecule has 0 bridgehead atoms. The number of halogens is 1. The van der Waals surface area contributed by atoms with Gasteiger partial charge in [0.1, 0.15) is 10.9 Å². The predicted octanol–water partition coefficient (Wildman–Crippen LogP) is 2.04. The summed E-state index contributed by atoms with van der Waals surface area (Å²) in [5.41, 5.74) is 0.587. The van der Waals surface area contributed by atoms with E-state index in [0.717, 1.165) is 0 Å².